The monoisotopic (exact) mass is 457 g/mol. The van der Waals surface area contributed by atoms with E-state index in [4.69, 9.17) is 4.74 Å². The summed E-state index contributed by atoms with van der Waals surface area (Å²) in [6, 6.07) is 33.9. The van der Waals surface area contributed by atoms with Crippen molar-refractivity contribution in [1.29, 1.82) is 0 Å². The Hall–Kier alpha value is -4.18. The number of ether oxygens (including phenoxy) is 1. The highest BCUT2D eigenvalue weighted by molar-refractivity contribution is 6.23. The average molecular weight is 458 g/mol. The van der Waals surface area contributed by atoms with Crippen molar-refractivity contribution in [1.82, 2.24) is 0 Å². The maximum Gasteiger partial charge on any atom is 0.238 e. The summed E-state index contributed by atoms with van der Waals surface area (Å²) in [4.78, 5) is 29.1. The molecule has 8 rings (SSSR count). The van der Waals surface area contributed by atoms with Gasteiger partial charge in [-0.15, -0.1) is 0 Å². The normalized spacial score (nSPS) is 23.6. The molecule has 2 bridgehead atoms. The Morgan fingerprint density at radius 1 is 0.571 bits per heavy atom. The van der Waals surface area contributed by atoms with Crippen molar-refractivity contribution in [2.75, 3.05) is 4.90 Å². The molecule has 0 radical (unpaired) electrons. The third-order valence-corrected chi connectivity index (χ3v) is 7.79. The highest BCUT2D eigenvalue weighted by atomic mass is 16.5. The van der Waals surface area contributed by atoms with E-state index in [0.717, 1.165) is 5.56 Å². The summed E-state index contributed by atoms with van der Waals surface area (Å²) < 4.78 is 5.90. The van der Waals surface area contributed by atoms with E-state index in [2.05, 4.69) is 24.3 Å². The van der Waals surface area contributed by atoms with Gasteiger partial charge in [-0.3, -0.25) is 9.59 Å². The number of nitrogens with zero attached hydrogens (tertiary/aromatic N) is 1. The smallest absolute Gasteiger partial charge is 0.238 e. The van der Waals surface area contributed by atoms with Gasteiger partial charge in [0.25, 0.3) is 0 Å². The predicted octanol–water partition coefficient (Wildman–Crippen LogP) is 5.66. The first-order valence-electron chi connectivity index (χ1n) is 12.0. The molecule has 4 heteroatoms. The summed E-state index contributed by atoms with van der Waals surface area (Å²) >= 11 is 0. The van der Waals surface area contributed by atoms with Crippen LogP contribution in [-0.4, -0.2) is 11.8 Å². The van der Waals surface area contributed by atoms with Crippen LogP contribution < -0.4 is 9.64 Å². The summed E-state index contributed by atoms with van der Waals surface area (Å²) in [5.41, 5.74) is 6.43. The van der Waals surface area contributed by atoms with Gasteiger partial charge in [0.1, 0.15) is 12.4 Å². The van der Waals surface area contributed by atoms with E-state index < -0.39 is 0 Å². The number of anilines is 1. The zero-order chi connectivity index (χ0) is 23.5. The number of hydrogen-bond donors (Lipinski definition) is 0. The van der Waals surface area contributed by atoms with E-state index in [9.17, 15) is 9.59 Å². The summed E-state index contributed by atoms with van der Waals surface area (Å²) in [7, 11) is 0. The first-order valence-corrected chi connectivity index (χ1v) is 12.0. The fourth-order valence-corrected chi connectivity index (χ4v) is 6.36. The Bertz CT molecular complexity index is 1340. The Morgan fingerprint density at radius 2 is 1.03 bits per heavy atom. The first-order chi connectivity index (χ1) is 17.2. The van der Waals surface area contributed by atoms with Crippen molar-refractivity contribution < 1.29 is 14.3 Å². The van der Waals surface area contributed by atoms with Gasteiger partial charge in [-0.1, -0.05) is 78.9 Å². The second kappa shape index (κ2) is 7.67. The summed E-state index contributed by atoms with van der Waals surface area (Å²) in [6.45, 7) is 0.464. The zero-order valence-electron chi connectivity index (χ0n) is 19.0. The quantitative estimate of drug-likeness (QED) is 0.372. The number of benzene rings is 4. The van der Waals surface area contributed by atoms with Gasteiger partial charge in [0.15, 0.2) is 0 Å². The number of carbonyl (C=O) groups is 2. The Kier molecular flexibility index (Phi) is 4.43. The molecular formula is C31H23NO3. The second-order valence-electron chi connectivity index (χ2n) is 9.54. The lowest BCUT2D eigenvalue weighted by Gasteiger charge is -2.45. The molecule has 0 N–H and O–H groups in total. The van der Waals surface area contributed by atoms with Crippen LogP contribution in [0.1, 0.15) is 39.7 Å². The number of rotatable bonds is 4. The number of amides is 2. The molecule has 3 aliphatic carbocycles. The van der Waals surface area contributed by atoms with Gasteiger partial charge >= 0.3 is 0 Å². The van der Waals surface area contributed by atoms with Gasteiger partial charge in [-0.2, -0.15) is 0 Å². The predicted molar refractivity (Wildman–Crippen MR) is 133 cm³/mol. The maximum atomic E-state index is 13.8. The van der Waals surface area contributed by atoms with Crippen LogP contribution in [0.5, 0.6) is 5.75 Å². The molecular weight excluding hydrogens is 434 g/mol. The molecule has 2 atom stereocenters. The number of imide groups is 1. The minimum Gasteiger partial charge on any atom is -0.489 e. The fourth-order valence-electron chi connectivity index (χ4n) is 6.36. The second-order valence-corrected chi connectivity index (χ2v) is 9.54. The van der Waals surface area contributed by atoms with Gasteiger partial charge < -0.3 is 4.74 Å². The third-order valence-electron chi connectivity index (χ3n) is 7.79. The van der Waals surface area contributed by atoms with Crippen LogP contribution >= 0.6 is 0 Å². The van der Waals surface area contributed by atoms with Gasteiger partial charge in [-0.05, 0) is 52.1 Å². The summed E-state index contributed by atoms with van der Waals surface area (Å²) in [5, 5.41) is 0. The molecule has 0 saturated carbocycles. The zero-order valence-corrected chi connectivity index (χ0v) is 19.0. The van der Waals surface area contributed by atoms with Crippen LogP contribution in [-0.2, 0) is 16.2 Å². The SMILES string of the molecule is O=C1C2C3c4ccccc4C(c4ccccc43)C2C(=O)N1c1ccc(OCc2ccccc2)cc1. The minimum atomic E-state index is -0.369. The molecule has 1 saturated heterocycles. The lowest BCUT2D eigenvalue weighted by Crippen LogP contribution is -2.41. The molecule has 1 fully saturated rings. The van der Waals surface area contributed by atoms with Crippen LogP contribution in [0.15, 0.2) is 103 Å². The van der Waals surface area contributed by atoms with E-state index in [0.29, 0.717) is 18.0 Å². The molecule has 0 spiro atoms. The standard InChI is InChI=1S/C31H23NO3/c33-30-28-26-22-10-4-5-11-23(22)27(25-13-7-6-12-24(25)26)29(28)31(34)32(30)20-14-16-21(17-15-20)35-18-19-8-2-1-3-9-19/h1-17,26-29H,18H2. The molecule has 2 unspecified atom stereocenters. The molecule has 4 aromatic rings. The molecule has 4 nitrogen and oxygen atoms in total. The largest absolute Gasteiger partial charge is 0.489 e. The van der Waals surface area contributed by atoms with Gasteiger partial charge in [-0.25, -0.2) is 4.90 Å². The van der Waals surface area contributed by atoms with E-state index in [1.54, 1.807) is 0 Å². The van der Waals surface area contributed by atoms with Crippen molar-refractivity contribution in [3.63, 3.8) is 0 Å². The maximum absolute atomic E-state index is 13.8. The van der Waals surface area contributed by atoms with Crippen molar-refractivity contribution in [3.05, 3.63) is 131 Å². The lowest BCUT2D eigenvalue weighted by molar-refractivity contribution is -0.122. The fraction of sp³-hybridized carbons (Fsp3) is 0.161. The van der Waals surface area contributed by atoms with Crippen LogP contribution in [0.2, 0.25) is 0 Å². The molecule has 0 aromatic heterocycles. The first kappa shape index (κ1) is 20.2. The number of carbonyl (C=O) groups excluding carboxylic acids is 2. The van der Waals surface area contributed by atoms with Gasteiger partial charge in [0.05, 0.1) is 17.5 Å². The molecule has 1 aliphatic heterocycles. The number of hydrogen-bond acceptors (Lipinski definition) is 3. The third kappa shape index (κ3) is 2.93. The Balaban J connectivity index is 1.22. The summed E-state index contributed by atoms with van der Waals surface area (Å²) in [5.74, 6) is -0.416. The molecule has 1 heterocycles. The molecule has 35 heavy (non-hydrogen) atoms. The van der Waals surface area contributed by atoms with Crippen LogP contribution in [0.3, 0.4) is 0 Å². The Labute approximate surface area is 203 Å². The van der Waals surface area contributed by atoms with Crippen molar-refractivity contribution >= 4 is 17.5 Å². The van der Waals surface area contributed by atoms with Crippen molar-refractivity contribution in [3.8, 4) is 5.75 Å². The topological polar surface area (TPSA) is 46.6 Å². The molecule has 4 aromatic carbocycles. The minimum absolute atomic E-state index is 0.0904. The highest BCUT2D eigenvalue weighted by Crippen LogP contribution is 2.61. The van der Waals surface area contributed by atoms with Crippen LogP contribution in [0.25, 0.3) is 0 Å². The average Bonchev–Trinajstić information content (AvgIpc) is 3.18. The van der Waals surface area contributed by atoms with E-state index in [1.165, 1.54) is 27.2 Å². The van der Waals surface area contributed by atoms with Crippen molar-refractivity contribution in [2.45, 2.75) is 18.4 Å². The molecule has 4 aliphatic rings. The van der Waals surface area contributed by atoms with Gasteiger partial charge in [0, 0.05) is 11.8 Å². The Morgan fingerprint density at radius 3 is 1.51 bits per heavy atom. The molecule has 170 valence electrons. The van der Waals surface area contributed by atoms with Gasteiger partial charge in [0.2, 0.25) is 11.8 Å². The van der Waals surface area contributed by atoms with Crippen molar-refractivity contribution in [2.24, 2.45) is 11.8 Å². The van der Waals surface area contributed by atoms with E-state index in [-0.39, 0.29) is 35.5 Å². The lowest BCUT2D eigenvalue weighted by atomic mass is 9.55. The van der Waals surface area contributed by atoms with Crippen LogP contribution in [0.4, 0.5) is 5.69 Å². The van der Waals surface area contributed by atoms with E-state index in [1.807, 2.05) is 78.9 Å². The molecule has 2 amide bonds. The van der Waals surface area contributed by atoms with E-state index >= 15 is 0 Å². The van der Waals surface area contributed by atoms with Crippen LogP contribution in [0, 0.1) is 11.8 Å². The summed E-state index contributed by atoms with van der Waals surface area (Å²) in [6.07, 6.45) is 0. The highest BCUT2D eigenvalue weighted by Gasteiger charge is 2.61.